The fourth-order valence-corrected chi connectivity index (χ4v) is 14.6. The van der Waals surface area contributed by atoms with Gasteiger partial charge in [-0.2, -0.15) is 0 Å². The summed E-state index contributed by atoms with van der Waals surface area (Å²) in [6, 6.07) is 126. The number of allylic oxidation sites excluding steroid dienone is 1. The van der Waals surface area contributed by atoms with Crippen molar-refractivity contribution in [1.29, 1.82) is 0 Å². The second-order valence-electron chi connectivity index (χ2n) is 24.7. The molecule has 448 valence electrons. The van der Waals surface area contributed by atoms with Crippen LogP contribution in [0.5, 0.6) is 0 Å². The van der Waals surface area contributed by atoms with Gasteiger partial charge in [0.25, 0.3) is 0 Å². The summed E-state index contributed by atoms with van der Waals surface area (Å²) in [5, 5.41) is 10.4. The summed E-state index contributed by atoms with van der Waals surface area (Å²) in [6.07, 6.45) is 0. The molecule has 0 aliphatic carbocycles. The van der Waals surface area contributed by atoms with E-state index in [1.807, 2.05) is 0 Å². The summed E-state index contributed by atoms with van der Waals surface area (Å²) in [5.74, 6) is 1.30. The first kappa shape index (κ1) is 56.1. The standard InChI is InChI=1S/C91H59N5/c1-7-27-59(28-8-1)82-83(86(62-31-11-3-12-32-62)92-85(82)61-29-9-2-10-30-61)60-47-49-66(50-48-60)90-93-84(64-51-53-71(54-52-64)96-89(65-35-15-5-16-36-65)87(63-33-13-4-14-34-63)95-91(96)67-37-17-6-18-38-67)81-58-70(78-55-68-39-19-21-41-72(68)74-43-23-25-45-76(74)78)57-80(88(81)94-90)79-56-69-40-20-22-42-73(69)75-44-24-26-46-77(75)79/h1-58,83H. The van der Waals surface area contributed by atoms with Crippen molar-refractivity contribution in [1.82, 2.24) is 19.5 Å². The highest BCUT2D eigenvalue weighted by Gasteiger charge is 2.34. The minimum Gasteiger partial charge on any atom is -0.292 e. The van der Waals surface area contributed by atoms with Gasteiger partial charge in [-0.25, -0.2) is 15.0 Å². The maximum atomic E-state index is 5.88. The molecule has 5 nitrogen and oxygen atoms in total. The van der Waals surface area contributed by atoms with Crippen LogP contribution in [0.25, 0.3) is 150 Å². The minimum atomic E-state index is -0.174. The summed E-state index contributed by atoms with van der Waals surface area (Å²) in [7, 11) is 0. The normalized spacial score (nSPS) is 13.1. The van der Waals surface area contributed by atoms with Crippen LogP contribution in [0.15, 0.2) is 357 Å². The third kappa shape index (κ3) is 9.80. The predicted molar refractivity (Wildman–Crippen MR) is 400 cm³/mol. The Morgan fingerprint density at radius 1 is 0.271 bits per heavy atom. The Morgan fingerprint density at radius 2 is 0.729 bits per heavy atom. The van der Waals surface area contributed by atoms with Gasteiger partial charge in [0.2, 0.25) is 0 Å². The van der Waals surface area contributed by atoms with E-state index in [4.69, 9.17) is 19.9 Å². The molecule has 0 bridgehead atoms. The lowest BCUT2D eigenvalue weighted by molar-refractivity contribution is 1.07. The average molecular weight is 1220 g/mol. The molecule has 0 N–H and O–H groups in total. The molecule has 0 saturated carbocycles. The van der Waals surface area contributed by atoms with E-state index in [0.29, 0.717) is 5.82 Å². The lowest BCUT2D eigenvalue weighted by Crippen LogP contribution is -2.12. The molecule has 15 aromatic carbocycles. The van der Waals surface area contributed by atoms with Gasteiger partial charge in [-0.1, -0.05) is 315 Å². The van der Waals surface area contributed by atoms with Crippen molar-refractivity contribution in [2.75, 3.05) is 0 Å². The van der Waals surface area contributed by atoms with Gasteiger partial charge >= 0.3 is 0 Å². The smallest absolute Gasteiger partial charge is 0.160 e. The zero-order valence-corrected chi connectivity index (χ0v) is 52.3. The number of rotatable bonds is 12. The van der Waals surface area contributed by atoms with Crippen molar-refractivity contribution in [2.24, 2.45) is 4.99 Å². The van der Waals surface area contributed by atoms with E-state index in [1.54, 1.807) is 0 Å². The van der Waals surface area contributed by atoms with E-state index < -0.39 is 0 Å². The van der Waals surface area contributed by atoms with Gasteiger partial charge in [0.1, 0.15) is 5.82 Å². The van der Waals surface area contributed by atoms with Crippen LogP contribution < -0.4 is 0 Å². The van der Waals surface area contributed by atoms with Gasteiger partial charge in [0.05, 0.1) is 39.9 Å². The van der Waals surface area contributed by atoms with Crippen LogP contribution in [-0.2, 0) is 0 Å². The highest BCUT2D eigenvalue weighted by atomic mass is 15.1. The number of hydrogen-bond donors (Lipinski definition) is 0. The Balaban J connectivity index is 0.893. The van der Waals surface area contributed by atoms with Gasteiger partial charge in [0, 0.05) is 50.0 Å². The zero-order chi connectivity index (χ0) is 63.5. The molecule has 1 aliphatic heterocycles. The number of aliphatic imine (C=N–C) groups is 1. The highest BCUT2D eigenvalue weighted by molar-refractivity contribution is 6.23. The van der Waals surface area contributed by atoms with E-state index >= 15 is 0 Å². The van der Waals surface area contributed by atoms with Crippen LogP contribution in [0.1, 0.15) is 28.2 Å². The number of imidazole rings is 1. The second-order valence-corrected chi connectivity index (χ2v) is 24.7. The largest absolute Gasteiger partial charge is 0.292 e. The zero-order valence-electron chi connectivity index (χ0n) is 52.3. The molecule has 1 unspecified atom stereocenters. The van der Waals surface area contributed by atoms with E-state index in [-0.39, 0.29) is 5.92 Å². The number of hydrogen-bond acceptors (Lipinski definition) is 4. The fourth-order valence-electron chi connectivity index (χ4n) is 14.6. The molecule has 2 aromatic heterocycles. The van der Waals surface area contributed by atoms with E-state index in [2.05, 4.69) is 356 Å². The second kappa shape index (κ2) is 23.8. The maximum Gasteiger partial charge on any atom is 0.160 e. The van der Waals surface area contributed by atoms with Gasteiger partial charge in [0.15, 0.2) is 5.82 Å². The lowest BCUT2D eigenvalue weighted by Gasteiger charge is -2.20. The Bertz CT molecular complexity index is 5890. The van der Waals surface area contributed by atoms with Gasteiger partial charge in [-0.3, -0.25) is 9.56 Å². The monoisotopic (exact) mass is 1220 g/mol. The average Bonchev–Trinajstić information content (AvgIpc) is 0.834. The number of benzene rings is 15. The van der Waals surface area contributed by atoms with Crippen LogP contribution >= 0.6 is 0 Å². The Hall–Kier alpha value is -12.7. The topological polar surface area (TPSA) is 56.0 Å². The summed E-state index contributed by atoms with van der Waals surface area (Å²) in [6.45, 7) is 0. The number of fused-ring (bicyclic) bond motifs is 7. The molecular weight excluding hydrogens is 1160 g/mol. The molecule has 0 amide bonds. The first-order chi connectivity index (χ1) is 47.6. The van der Waals surface area contributed by atoms with Crippen molar-refractivity contribution >= 4 is 71.0 Å². The van der Waals surface area contributed by atoms with Crippen LogP contribution in [0.3, 0.4) is 0 Å². The molecule has 18 rings (SSSR count). The molecule has 96 heavy (non-hydrogen) atoms. The van der Waals surface area contributed by atoms with Crippen molar-refractivity contribution in [3.05, 3.63) is 374 Å². The van der Waals surface area contributed by atoms with Crippen LogP contribution in [0.2, 0.25) is 0 Å². The van der Waals surface area contributed by atoms with Gasteiger partial charge < -0.3 is 0 Å². The molecule has 1 aliphatic rings. The Morgan fingerprint density at radius 3 is 1.32 bits per heavy atom. The van der Waals surface area contributed by atoms with E-state index in [0.717, 1.165) is 134 Å². The number of aromatic nitrogens is 4. The summed E-state index contributed by atoms with van der Waals surface area (Å²) >= 11 is 0. The Kier molecular flexibility index (Phi) is 13.9. The lowest BCUT2D eigenvalue weighted by atomic mass is 9.81. The third-order valence-electron chi connectivity index (χ3n) is 19.1. The van der Waals surface area contributed by atoms with Crippen molar-refractivity contribution in [3.63, 3.8) is 0 Å². The minimum absolute atomic E-state index is 0.174. The van der Waals surface area contributed by atoms with Crippen molar-refractivity contribution < 1.29 is 0 Å². The number of nitrogens with zero attached hydrogens (tertiary/aromatic N) is 5. The molecule has 0 radical (unpaired) electrons. The third-order valence-corrected chi connectivity index (χ3v) is 19.1. The quantitative estimate of drug-likeness (QED) is 0.115. The maximum absolute atomic E-state index is 5.88. The van der Waals surface area contributed by atoms with E-state index in [1.165, 1.54) is 37.9 Å². The van der Waals surface area contributed by atoms with E-state index in [9.17, 15) is 0 Å². The highest BCUT2D eigenvalue weighted by Crippen LogP contribution is 2.49. The predicted octanol–water partition coefficient (Wildman–Crippen LogP) is 23.3. The summed E-state index contributed by atoms with van der Waals surface area (Å²) < 4.78 is 2.33. The van der Waals surface area contributed by atoms with Crippen LogP contribution in [0.4, 0.5) is 0 Å². The molecule has 1 atom stereocenters. The SMILES string of the molecule is c1ccc(C2=NC(c3ccccc3)=C(c3ccccc3)C2c2ccc(-c3nc(-c4ccc(-n5c(-c6ccccc6)nc(-c6ccccc6)c5-c5ccccc5)cc4)c4cc(-c5cc6ccccc6c6ccccc56)cc(-c5cc6ccccc6c6ccccc56)c4n3)cc2)cc1. The first-order valence-corrected chi connectivity index (χ1v) is 32.8. The van der Waals surface area contributed by atoms with Crippen LogP contribution in [0, 0.1) is 0 Å². The molecule has 0 saturated heterocycles. The van der Waals surface area contributed by atoms with Gasteiger partial charge in [-0.15, -0.1) is 0 Å². The van der Waals surface area contributed by atoms with Crippen molar-refractivity contribution in [2.45, 2.75) is 5.92 Å². The summed E-state index contributed by atoms with van der Waals surface area (Å²) in [4.78, 5) is 22.9. The molecule has 0 spiro atoms. The molecule has 0 fully saturated rings. The first-order valence-electron chi connectivity index (χ1n) is 32.8. The molecule has 17 aromatic rings. The molecular formula is C91H59N5. The van der Waals surface area contributed by atoms with Crippen LogP contribution in [-0.4, -0.2) is 25.2 Å². The van der Waals surface area contributed by atoms with Gasteiger partial charge in [-0.05, 0) is 118 Å². The molecule has 3 heterocycles. The fraction of sp³-hybridized carbons (Fsp3) is 0.0110. The molecule has 5 heteroatoms. The van der Waals surface area contributed by atoms with Crippen molar-refractivity contribution in [3.8, 4) is 84.5 Å². The summed E-state index contributed by atoms with van der Waals surface area (Å²) in [5.41, 5.74) is 21.4. The Labute approximate surface area is 556 Å².